The maximum absolute atomic E-state index is 13.7. The van der Waals surface area contributed by atoms with E-state index >= 15 is 0 Å². The van der Waals surface area contributed by atoms with Gasteiger partial charge in [0.25, 0.3) is 0 Å². The summed E-state index contributed by atoms with van der Waals surface area (Å²) in [7, 11) is 0. The summed E-state index contributed by atoms with van der Waals surface area (Å²) in [5, 5.41) is 44.3. The molecule has 11 heteroatoms. The summed E-state index contributed by atoms with van der Waals surface area (Å²) in [5.74, 6) is -3.11. The first-order chi connectivity index (χ1) is 18.4. The number of rotatable bonds is 5. The number of carbonyl (C=O) groups excluding carboxylic acids is 3. The number of aromatic hydroxyl groups is 2. The molecule has 0 saturated carbocycles. The molecular weight excluding hydrogens is 510 g/mol. The number of aliphatic hydroxyl groups excluding tert-OH is 1. The largest absolute Gasteiger partial charge is 0.507 e. The van der Waals surface area contributed by atoms with E-state index in [0.29, 0.717) is 0 Å². The lowest BCUT2D eigenvalue weighted by Crippen LogP contribution is -2.52. The smallest absolute Gasteiger partial charge is 0.202 e. The van der Waals surface area contributed by atoms with E-state index in [1.54, 1.807) is 19.9 Å². The van der Waals surface area contributed by atoms with Gasteiger partial charge in [-0.25, -0.2) is 0 Å². The van der Waals surface area contributed by atoms with E-state index in [4.69, 9.17) is 19.9 Å². The highest BCUT2D eigenvalue weighted by Gasteiger charge is 2.49. The number of aliphatic hydroxyl groups is 2. The Balaban J connectivity index is 1.68. The predicted octanol–water partition coefficient (Wildman–Crippen LogP) is 1.42. The third kappa shape index (κ3) is 4.21. The number of carbonyl (C=O) groups is 3. The highest BCUT2D eigenvalue weighted by Crippen LogP contribution is 2.52. The van der Waals surface area contributed by atoms with Crippen molar-refractivity contribution in [2.24, 2.45) is 5.73 Å². The molecule has 5 rings (SSSR count). The van der Waals surface area contributed by atoms with Crippen LogP contribution in [0.1, 0.15) is 82.7 Å². The number of Topliss-reactive ketones (excluding diaryl/α,β-unsaturated/α-hetero) is 1. The van der Waals surface area contributed by atoms with Crippen molar-refractivity contribution in [3.05, 3.63) is 51.6 Å². The Morgan fingerprint density at radius 1 is 1.15 bits per heavy atom. The Bertz CT molecular complexity index is 1380. The Morgan fingerprint density at radius 3 is 2.49 bits per heavy atom. The van der Waals surface area contributed by atoms with Gasteiger partial charge in [0.2, 0.25) is 5.78 Å². The van der Waals surface area contributed by atoms with Gasteiger partial charge in [-0.3, -0.25) is 14.4 Å². The lowest BCUT2D eigenvalue weighted by molar-refractivity contribution is -0.247. The average molecular weight is 542 g/mol. The van der Waals surface area contributed by atoms with Crippen LogP contribution in [0.5, 0.6) is 17.2 Å². The van der Waals surface area contributed by atoms with Crippen LogP contribution in [0.4, 0.5) is 0 Å². The Hall–Kier alpha value is -3.35. The van der Waals surface area contributed by atoms with Crippen LogP contribution in [0.3, 0.4) is 0 Å². The second-order valence-corrected chi connectivity index (χ2v) is 10.4. The van der Waals surface area contributed by atoms with E-state index in [0.717, 1.165) is 0 Å². The zero-order valence-corrected chi connectivity index (χ0v) is 21.8. The van der Waals surface area contributed by atoms with Crippen molar-refractivity contribution in [1.29, 1.82) is 0 Å². The quantitative estimate of drug-likeness (QED) is 0.294. The molecule has 1 fully saturated rings. The third-order valence-corrected chi connectivity index (χ3v) is 7.88. The molecule has 3 aliphatic rings. The topological polar surface area (TPSA) is 186 Å². The van der Waals surface area contributed by atoms with Crippen molar-refractivity contribution in [3.63, 3.8) is 0 Å². The lowest BCUT2D eigenvalue weighted by Gasteiger charge is -2.42. The fourth-order valence-corrected chi connectivity index (χ4v) is 5.76. The highest BCUT2D eigenvalue weighted by molar-refractivity contribution is 6.31. The Kier molecular flexibility index (Phi) is 6.76. The molecule has 0 spiro atoms. The number of hydrogen-bond acceptors (Lipinski definition) is 11. The molecule has 11 nitrogen and oxygen atoms in total. The van der Waals surface area contributed by atoms with E-state index in [-0.39, 0.29) is 47.5 Å². The highest BCUT2D eigenvalue weighted by atomic mass is 16.7. The lowest BCUT2D eigenvalue weighted by atomic mass is 9.72. The molecule has 2 aromatic carbocycles. The molecule has 1 aliphatic heterocycles. The van der Waals surface area contributed by atoms with Crippen molar-refractivity contribution in [1.82, 2.24) is 0 Å². The fourth-order valence-electron chi connectivity index (χ4n) is 5.76. The third-order valence-electron chi connectivity index (χ3n) is 7.88. The average Bonchev–Trinajstić information content (AvgIpc) is 2.87. The molecule has 208 valence electrons. The number of phenolic OH excluding ortho intramolecular Hbond substituents is 2. The monoisotopic (exact) mass is 541 g/mol. The molecule has 6 atom stereocenters. The molecule has 0 bridgehead atoms. The maximum Gasteiger partial charge on any atom is 0.202 e. The first kappa shape index (κ1) is 27.2. The molecule has 1 saturated heterocycles. The minimum atomic E-state index is -2.00. The summed E-state index contributed by atoms with van der Waals surface area (Å²) in [6.07, 6.45) is -4.53. The Morgan fingerprint density at radius 2 is 1.85 bits per heavy atom. The molecule has 0 amide bonds. The number of ether oxygens (including phenoxy) is 3. The number of nitrogens with two attached hydrogens (primary N) is 1. The van der Waals surface area contributed by atoms with Gasteiger partial charge >= 0.3 is 0 Å². The van der Waals surface area contributed by atoms with E-state index in [1.807, 2.05) is 0 Å². The molecule has 2 aromatic rings. The molecule has 0 aromatic heterocycles. The molecule has 39 heavy (non-hydrogen) atoms. The van der Waals surface area contributed by atoms with Crippen LogP contribution in [0, 0.1) is 0 Å². The van der Waals surface area contributed by atoms with Crippen LogP contribution < -0.4 is 10.5 Å². The number of benzene rings is 2. The minimum absolute atomic E-state index is 0.00400. The summed E-state index contributed by atoms with van der Waals surface area (Å²) in [6.45, 7) is 4.74. The standard InChI is InChI=1S/C28H31NO10/c1-4-37-16-7-5-6-13-19(16)26(34)22-21(24(13)32)25(33)14-9-28(36,12(3)30)10-17(20(14)27(22)35)39-18-8-15(29)23(31)11(2)38-18/h5-7,11,15,17-18,23,31,33,35-36H,4,8-10,29H2,1-3H3. The molecule has 6 N–H and O–H groups in total. The molecular formula is C28H31NO10. The summed E-state index contributed by atoms with van der Waals surface area (Å²) < 4.78 is 17.4. The van der Waals surface area contributed by atoms with Crippen molar-refractivity contribution in [2.45, 2.75) is 76.3 Å². The number of fused-ring (bicyclic) bond motifs is 3. The first-order valence-corrected chi connectivity index (χ1v) is 12.8. The van der Waals surface area contributed by atoms with Gasteiger partial charge in [0.15, 0.2) is 17.9 Å². The number of phenols is 2. The predicted molar refractivity (Wildman–Crippen MR) is 135 cm³/mol. The zero-order chi connectivity index (χ0) is 28.4. The van der Waals surface area contributed by atoms with Gasteiger partial charge in [-0.15, -0.1) is 0 Å². The van der Waals surface area contributed by atoms with Crippen molar-refractivity contribution >= 4 is 17.3 Å². The molecule has 6 unspecified atom stereocenters. The Labute approximate surface area is 224 Å². The van der Waals surface area contributed by atoms with E-state index in [9.17, 15) is 34.8 Å². The minimum Gasteiger partial charge on any atom is -0.507 e. The van der Waals surface area contributed by atoms with Crippen LogP contribution in [0.15, 0.2) is 18.2 Å². The van der Waals surface area contributed by atoms with Gasteiger partial charge in [0.05, 0.1) is 41.6 Å². The van der Waals surface area contributed by atoms with Crippen LogP contribution in [0.2, 0.25) is 0 Å². The van der Waals surface area contributed by atoms with Gasteiger partial charge in [-0.2, -0.15) is 0 Å². The summed E-state index contributed by atoms with van der Waals surface area (Å²) >= 11 is 0. The fraction of sp³-hybridized carbons (Fsp3) is 0.464. The summed E-state index contributed by atoms with van der Waals surface area (Å²) in [5.41, 5.74) is 3.03. The van der Waals surface area contributed by atoms with Gasteiger partial charge in [-0.1, -0.05) is 12.1 Å². The van der Waals surface area contributed by atoms with Gasteiger partial charge in [0.1, 0.15) is 22.8 Å². The zero-order valence-electron chi connectivity index (χ0n) is 21.8. The van der Waals surface area contributed by atoms with Gasteiger partial charge in [0, 0.05) is 42.0 Å². The van der Waals surface area contributed by atoms with Crippen molar-refractivity contribution < 1.29 is 49.0 Å². The van der Waals surface area contributed by atoms with Crippen LogP contribution in [0.25, 0.3) is 0 Å². The van der Waals surface area contributed by atoms with Crippen molar-refractivity contribution in [3.8, 4) is 17.2 Å². The number of hydrogen-bond donors (Lipinski definition) is 5. The molecule has 1 heterocycles. The first-order valence-electron chi connectivity index (χ1n) is 12.8. The molecule has 0 radical (unpaired) electrons. The van der Waals surface area contributed by atoms with E-state index < -0.39 is 82.6 Å². The number of ketones is 3. The van der Waals surface area contributed by atoms with Crippen LogP contribution in [-0.2, 0) is 20.7 Å². The SMILES string of the molecule is CCOc1cccc2c1C(=O)c1c(O)c3c(c(O)c1C2=O)CC(O)(C(C)=O)CC3OC1CC(N)C(O)C(C)O1. The van der Waals surface area contributed by atoms with Crippen molar-refractivity contribution in [2.75, 3.05) is 6.61 Å². The maximum atomic E-state index is 13.7. The van der Waals surface area contributed by atoms with Crippen LogP contribution >= 0.6 is 0 Å². The van der Waals surface area contributed by atoms with E-state index in [1.165, 1.54) is 19.1 Å². The van der Waals surface area contributed by atoms with Crippen LogP contribution in [-0.4, -0.2) is 74.5 Å². The van der Waals surface area contributed by atoms with Gasteiger partial charge in [-0.05, 0) is 26.8 Å². The normalized spacial score (nSPS) is 29.8. The summed E-state index contributed by atoms with van der Waals surface area (Å²) in [6, 6.07) is 3.81. The van der Waals surface area contributed by atoms with Gasteiger partial charge < -0.3 is 40.4 Å². The van der Waals surface area contributed by atoms with E-state index in [2.05, 4.69) is 0 Å². The second kappa shape index (κ2) is 9.68. The molecule has 2 aliphatic carbocycles. The second-order valence-electron chi connectivity index (χ2n) is 10.4. The summed E-state index contributed by atoms with van der Waals surface area (Å²) in [4.78, 5) is 39.8.